The Morgan fingerprint density at radius 1 is 1.33 bits per heavy atom. The fourth-order valence-electron chi connectivity index (χ4n) is 1.61. The molecular formula is C13H14N2O6. The predicted octanol–water partition coefficient (Wildman–Crippen LogP) is -0.732. The molecule has 1 aliphatic heterocycles. The fraction of sp³-hybridized carbons (Fsp3) is 0.308. The molecule has 1 amide bonds. The van der Waals surface area contributed by atoms with Crippen LogP contribution in [0, 0.1) is 6.92 Å². The number of hydrogen-bond donors (Lipinski definition) is 3. The molecule has 8 nitrogen and oxygen atoms in total. The highest BCUT2D eigenvalue weighted by Crippen LogP contribution is 2.11. The number of anilines is 1. The van der Waals surface area contributed by atoms with Crippen LogP contribution in [-0.2, 0) is 23.9 Å². The van der Waals surface area contributed by atoms with E-state index in [1.807, 2.05) is 19.1 Å². The lowest BCUT2D eigenvalue weighted by Crippen LogP contribution is -2.41. The first kappa shape index (κ1) is 14.8. The Bertz CT molecular complexity index is 556. The highest BCUT2D eigenvalue weighted by Gasteiger charge is 2.40. The maximum Gasteiger partial charge on any atom is 0.399 e. The largest absolute Gasteiger partial charge is 0.460 e. The number of hydrogen-bond acceptors (Lipinski definition) is 7. The molecule has 0 aliphatic carbocycles. The van der Waals surface area contributed by atoms with Gasteiger partial charge in [0.25, 0.3) is 0 Å². The summed E-state index contributed by atoms with van der Waals surface area (Å²) in [5.41, 5.74) is 6.26. The molecule has 1 aliphatic rings. The molecule has 1 saturated heterocycles. The topological polar surface area (TPSA) is 114 Å². The number of amides is 1. The maximum atomic E-state index is 11.5. The van der Waals surface area contributed by atoms with E-state index < -0.39 is 30.1 Å². The molecule has 1 aromatic carbocycles. The molecule has 2 atom stereocenters. The van der Waals surface area contributed by atoms with Crippen molar-refractivity contribution in [1.82, 2.24) is 5.43 Å². The Morgan fingerprint density at radius 2 is 2.00 bits per heavy atom. The zero-order chi connectivity index (χ0) is 15.4. The summed E-state index contributed by atoms with van der Waals surface area (Å²) in [7, 11) is 0. The second kappa shape index (κ2) is 6.23. The van der Waals surface area contributed by atoms with E-state index >= 15 is 0 Å². The third kappa shape index (κ3) is 3.69. The molecule has 2 unspecified atom stereocenters. The lowest BCUT2D eigenvalue weighted by atomic mass is 10.2. The molecule has 2 rings (SSSR count). The minimum absolute atomic E-state index is 0.264. The van der Waals surface area contributed by atoms with Crippen LogP contribution in [0.15, 0.2) is 24.3 Å². The lowest BCUT2D eigenvalue weighted by molar-refractivity contribution is -0.167. The second-order valence-corrected chi connectivity index (χ2v) is 4.47. The molecule has 21 heavy (non-hydrogen) atoms. The molecule has 1 aromatic rings. The van der Waals surface area contributed by atoms with Crippen molar-refractivity contribution in [3.05, 3.63) is 29.8 Å². The van der Waals surface area contributed by atoms with Crippen molar-refractivity contribution in [3.63, 3.8) is 0 Å². The van der Waals surface area contributed by atoms with Gasteiger partial charge in [-0.25, -0.2) is 9.59 Å². The van der Waals surface area contributed by atoms with Crippen LogP contribution in [0.4, 0.5) is 5.69 Å². The van der Waals surface area contributed by atoms with Gasteiger partial charge in [-0.1, -0.05) is 17.7 Å². The standard InChI is InChI=1S/C13H14N2O6/c1-7-2-4-8(5-3-7)14-15-11(17)13(19)21-10-9(16)6-20-12(10)18/h2-5,9-10,14,16H,6H2,1H3,(H,15,17). The quantitative estimate of drug-likeness (QED) is 0.382. The molecule has 0 spiro atoms. The Balaban J connectivity index is 1.84. The number of cyclic esters (lactones) is 1. The smallest absolute Gasteiger partial charge is 0.399 e. The number of hydrazine groups is 1. The van der Waals surface area contributed by atoms with Gasteiger partial charge in [0.1, 0.15) is 12.7 Å². The first-order chi connectivity index (χ1) is 9.97. The molecule has 112 valence electrons. The third-order valence-corrected chi connectivity index (χ3v) is 2.77. The maximum absolute atomic E-state index is 11.5. The number of carbonyl (C=O) groups excluding carboxylic acids is 3. The van der Waals surface area contributed by atoms with E-state index in [0.717, 1.165) is 5.56 Å². The normalized spacial score (nSPS) is 20.6. The van der Waals surface area contributed by atoms with E-state index in [2.05, 4.69) is 20.3 Å². The van der Waals surface area contributed by atoms with Gasteiger partial charge in [-0.3, -0.25) is 15.6 Å². The van der Waals surface area contributed by atoms with Crippen molar-refractivity contribution >= 4 is 23.5 Å². The number of aliphatic hydroxyl groups is 1. The molecule has 3 N–H and O–H groups in total. The molecule has 8 heteroatoms. The first-order valence-electron chi connectivity index (χ1n) is 6.15. The number of nitrogens with one attached hydrogen (secondary N) is 2. The Morgan fingerprint density at radius 3 is 2.57 bits per heavy atom. The summed E-state index contributed by atoms with van der Waals surface area (Å²) in [6, 6.07) is 7.05. The number of ether oxygens (including phenoxy) is 2. The number of aliphatic hydroxyl groups excluding tert-OH is 1. The van der Waals surface area contributed by atoms with E-state index in [9.17, 15) is 19.5 Å². The van der Waals surface area contributed by atoms with Gasteiger partial charge in [0.05, 0.1) is 5.69 Å². The minimum atomic E-state index is -1.47. The van der Waals surface area contributed by atoms with Gasteiger partial charge in [-0.05, 0) is 19.1 Å². The number of carbonyl (C=O) groups is 3. The van der Waals surface area contributed by atoms with Crippen LogP contribution in [0.25, 0.3) is 0 Å². The van der Waals surface area contributed by atoms with Crippen LogP contribution in [0.3, 0.4) is 0 Å². The summed E-state index contributed by atoms with van der Waals surface area (Å²) in [6.45, 7) is 1.64. The number of aryl methyl sites for hydroxylation is 1. The minimum Gasteiger partial charge on any atom is -0.460 e. The number of rotatable bonds is 3. The molecule has 0 radical (unpaired) electrons. The van der Waals surface area contributed by atoms with Crippen LogP contribution in [0.1, 0.15) is 5.56 Å². The average Bonchev–Trinajstić information content (AvgIpc) is 2.78. The van der Waals surface area contributed by atoms with E-state index in [-0.39, 0.29) is 6.61 Å². The lowest BCUT2D eigenvalue weighted by Gasteiger charge is -2.12. The van der Waals surface area contributed by atoms with E-state index in [1.54, 1.807) is 12.1 Å². The van der Waals surface area contributed by atoms with E-state index in [4.69, 9.17) is 0 Å². The van der Waals surface area contributed by atoms with Gasteiger partial charge in [0.2, 0.25) is 6.10 Å². The van der Waals surface area contributed by atoms with Gasteiger partial charge in [-0.15, -0.1) is 0 Å². The van der Waals surface area contributed by atoms with E-state index in [1.165, 1.54) is 0 Å². The zero-order valence-electron chi connectivity index (χ0n) is 11.2. The average molecular weight is 294 g/mol. The summed E-state index contributed by atoms with van der Waals surface area (Å²) in [6.07, 6.45) is -2.73. The van der Waals surface area contributed by atoms with E-state index in [0.29, 0.717) is 5.69 Å². The summed E-state index contributed by atoms with van der Waals surface area (Å²) in [4.78, 5) is 34.1. The van der Waals surface area contributed by atoms with Crippen molar-refractivity contribution < 1.29 is 29.0 Å². The van der Waals surface area contributed by atoms with Gasteiger partial charge in [-0.2, -0.15) is 0 Å². The molecule has 0 saturated carbocycles. The van der Waals surface area contributed by atoms with Crippen LogP contribution < -0.4 is 10.9 Å². The molecule has 0 aromatic heterocycles. The molecular weight excluding hydrogens is 280 g/mol. The van der Waals surface area contributed by atoms with Crippen molar-refractivity contribution in [2.75, 3.05) is 12.0 Å². The van der Waals surface area contributed by atoms with Crippen molar-refractivity contribution in [1.29, 1.82) is 0 Å². The highest BCUT2D eigenvalue weighted by molar-refractivity contribution is 6.32. The monoisotopic (exact) mass is 294 g/mol. The van der Waals surface area contributed by atoms with Crippen LogP contribution >= 0.6 is 0 Å². The number of benzene rings is 1. The molecule has 1 fully saturated rings. The molecule has 1 heterocycles. The SMILES string of the molecule is Cc1ccc(NNC(=O)C(=O)OC2C(=O)OCC2O)cc1. The zero-order valence-corrected chi connectivity index (χ0v) is 11.2. The van der Waals surface area contributed by atoms with Crippen LogP contribution in [-0.4, -0.2) is 41.8 Å². The van der Waals surface area contributed by atoms with Gasteiger partial charge >= 0.3 is 17.8 Å². The van der Waals surface area contributed by atoms with Gasteiger partial charge in [0.15, 0.2) is 0 Å². The molecule has 0 bridgehead atoms. The van der Waals surface area contributed by atoms with Crippen molar-refractivity contribution in [2.24, 2.45) is 0 Å². The second-order valence-electron chi connectivity index (χ2n) is 4.47. The Hall–Kier alpha value is -2.61. The van der Waals surface area contributed by atoms with Crippen LogP contribution in [0.2, 0.25) is 0 Å². The number of esters is 2. The summed E-state index contributed by atoms with van der Waals surface area (Å²) < 4.78 is 9.08. The third-order valence-electron chi connectivity index (χ3n) is 2.77. The fourth-order valence-corrected chi connectivity index (χ4v) is 1.61. The summed E-state index contributed by atoms with van der Waals surface area (Å²) in [5, 5.41) is 9.35. The van der Waals surface area contributed by atoms with Crippen LogP contribution in [0.5, 0.6) is 0 Å². The highest BCUT2D eigenvalue weighted by atomic mass is 16.6. The van der Waals surface area contributed by atoms with Crippen molar-refractivity contribution in [3.8, 4) is 0 Å². The summed E-state index contributed by atoms with van der Waals surface area (Å²) >= 11 is 0. The predicted molar refractivity (Wildman–Crippen MR) is 69.8 cm³/mol. The summed E-state index contributed by atoms with van der Waals surface area (Å²) in [5.74, 6) is -3.27. The Labute approximate surface area is 120 Å². The van der Waals surface area contributed by atoms with Gasteiger partial charge in [0, 0.05) is 0 Å². The Kier molecular flexibility index (Phi) is 4.39. The first-order valence-corrected chi connectivity index (χ1v) is 6.15. The van der Waals surface area contributed by atoms with Gasteiger partial charge < -0.3 is 14.6 Å². The van der Waals surface area contributed by atoms with Crippen molar-refractivity contribution in [2.45, 2.75) is 19.1 Å².